The van der Waals surface area contributed by atoms with Gasteiger partial charge in [-0.2, -0.15) is 12.6 Å². The third-order valence-electron chi connectivity index (χ3n) is 2.51. The van der Waals surface area contributed by atoms with Crippen LogP contribution in [-0.2, 0) is 0 Å². The Morgan fingerprint density at radius 3 is 1.78 bits per heavy atom. The molecule has 9 heavy (non-hydrogen) atoms. The summed E-state index contributed by atoms with van der Waals surface area (Å²) in [5, 5.41) is 0. The van der Waals surface area contributed by atoms with Crippen LogP contribution >= 0.6 is 12.6 Å². The Balaban J connectivity index is 2.04. The van der Waals surface area contributed by atoms with Gasteiger partial charge in [0.15, 0.2) is 0 Å². The number of halogens is 2. The fraction of sp³-hybridized carbons (Fsp3) is 1.00. The van der Waals surface area contributed by atoms with Gasteiger partial charge < -0.3 is 0 Å². The summed E-state index contributed by atoms with van der Waals surface area (Å²) in [6, 6.07) is 0. The maximum Gasteiger partial charge on any atom is 0.244 e. The van der Waals surface area contributed by atoms with E-state index in [9.17, 15) is 8.78 Å². The lowest BCUT2D eigenvalue weighted by Gasteiger charge is -2.67. The van der Waals surface area contributed by atoms with Gasteiger partial charge in [-0.05, 0) is 19.3 Å². The number of hydrogen-bond acceptors (Lipinski definition) is 1. The minimum Gasteiger partial charge on any atom is -0.210 e. The molecule has 0 unspecified atom stereocenters. The summed E-state index contributed by atoms with van der Waals surface area (Å²) in [6.45, 7) is 0. The highest BCUT2D eigenvalue weighted by Gasteiger charge is 2.70. The number of thiol groups is 1. The minimum atomic E-state index is -2.11. The largest absolute Gasteiger partial charge is 0.244 e. The lowest BCUT2D eigenvalue weighted by molar-refractivity contribution is -0.177. The van der Waals surface area contributed by atoms with E-state index in [0.29, 0.717) is 19.3 Å². The van der Waals surface area contributed by atoms with Crippen molar-refractivity contribution in [3.05, 3.63) is 0 Å². The van der Waals surface area contributed by atoms with Gasteiger partial charge >= 0.3 is 0 Å². The van der Waals surface area contributed by atoms with E-state index in [2.05, 4.69) is 12.6 Å². The molecule has 3 heteroatoms. The second kappa shape index (κ2) is 1.29. The summed E-state index contributed by atoms with van der Waals surface area (Å²) in [6.07, 6.45) is -0.186. The molecule has 0 N–H and O–H groups in total. The molecular formula is C6H8F2S. The van der Waals surface area contributed by atoms with Gasteiger partial charge in [0.25, 0.3) is 0 Å². The molecule has 3 fully saturated rings. The van der Waals surface area contributed by atoms with Gasteiger partial charge in [0.2, 0.25) is 6.43 Å². The second-order valence-electron chi connectivity index (χ2n) is 3.42. The van der Waals surface area contributed by atoms with E-state index in [1.807, 2.05) is 0 Å². The smallest absolute Gasteiger partial charge is 0.210 e. The highest BCUT2D eigenvalue weighted by Crippen LogP contribution is 2.72. The maximum atomic E-state index is 12.0. The van der Waals surface area contributed by atoms with E-state index in [-0.39, 0.29) is 4.75 Å². The minimum absolute atomic E-state index is 0.0242. The Hall–Kier alpha value is 0.210. The van der Waals surface area contributed by atoms with E-state index in [1.165, 1.54) is 0 Å². The molecule has 3 aliphatic rings. The molecular weight excluding hydrogens is 142 g/mol. The van der Waals surface area contributed by atoms with Crippen LogP contribution < -0.4 is 0 Å². The van der Waals surface area contributed by atoms with Gasteiger partial charge in [0.1, 0.15) is 0 Å². The van der Waals surface area contributed by atoms with Gasteiger partial charge in [-0.1, -0.05) is 0 Å². The van der Waals surface area contributed by atoms with E-state index in [1.54, 1.807) is 0 Å². The molecule has 0 atom stereocenters. The quantitative estimate of drug-likeness (QED) is 0.544. The first-order valence-corrected chi connectivity index (χ1v) is 3.52. The molecule has 0 heterocycles. The van der Waals surface area contributed by atoms with Gasteiger partial charge in [-0.25, -0.2) is 8.78 Å². The molecule has 0 nitrogen and oxygen atoms in total. The normalized spacial score (nSPS) is 54.7. The van der Waals surface area contributed by atoms with Crippen molar-refractivity contribution in [3.63, 3.8) is 0 Å². The van der Waals surface area contributed by atoms with Gasteiger partial charge in [-0.15, -0.1) is 0 Å². The van der Waals surface area contributed by atoms with Crippen LogP contribution in [0.25, 0.3) is 0 Å². The van der Waals surface area contributed by atoms with Crippen LogP contribution in [0.2, 0.25) is 0 Å². The van der Waals surface area contributed by atoms with Crippen molar-refractivity contribution >= 4 is 12.6 Å². The number of alkyl halides is 2. The van der Waals surface area contributed by atoms with Crippen LogP contribution in [-0.4, -0.2) is 11.2 Å². The van der Waals surface area contributed by atoms with E-state index < -0.39 is 11.8 Å². The van der Waals surface area contributed by atoms with Crippen molar-refractivity contribution in [2.75, 3.05) is 0 Å². The molecule has 0 saturated heterocycles. The third-order valence-corrected chi connectivity index (χ3v) is 2.98. The maximum absolute atomic E-state index is 12.0. The topological polar surface area (TPSA) is 0 Å². The molecule has 0 spiro atoms. The first-order valence-electron chi connectivity index (χ1n) is 3.07. The summed E-state index contributed by atoms with van der Waals surface area (Å²) >= 11 is 4.22. The van der Waals surface area contributed by atoms with E-state index >= 15 is 0 Å². The molecule has 0 radical (unpaired) electrons. The molecule has 3 saturated carbocycles. The predicted octanol–water partition coefficient (Wildman–Crippen LogP) is 2.10. The standard InChI is InChI=1S/C6H8F2S/c7-4(8)5-1-6(9,2-5)3-5/h4,9H,1-3H2. The monoisotopic (exact) mass is 150 g/mol. The second-order valence-corrected chi connectivity index (χ2v) is 4.37. The molecule has 0 aromatic rings. The van der Waals surface area contributed by atoms with Crippen molar-refractivity contribution in [1.29, 1.82) is 0 Å². The first kappa shape index (κ1) is 5.96. The van der Waals surface area contributed by atoms with Crippen LogP contribution in [0, 0.1) is 5.41 Å². The lowest BCUT2D eigenvalue weighted by atomic mass is 9.44. The molecule has 0 amide bonds. The van der Waals surface area contributed by atoms with Crippen molar-refractivity contribution in [2.45, 2.75) is 30.4 Å². The van der Waals surface area contributed by atoms with Crippen LogP contribution in [0.3, 0.4) is 0 Å². The predicted molar refractivity (Wildman–Crippen MR) is 34.0 cm³/mol. The number of hydrogen-bond donors (Lipinski definition) is 1. The van der Waals surface area contributed by atoms with Crippen LogP contribution in [0.4, 0.5) is 8.78 Å². The SMILES string of the molecule is FC(F)C12CC(S)(C1)C2. The molecule has 0 aliphatic heterocycles. The summed E-state index contributed by atoms with van der Waals surface area (Å²) in [5.74, 6) is 0. The van der Waals surface area contributed by atoms with Gasteiger partial charge in [0.05, 0.1) is 0 Å². The first-order chi connectivity index (χ1) is 4.06. The highest BCUT2D eigenvalue weighted by atomic mass is 32.1. The van der Waals surface area contributed by atoms with Crippen molar-refractivity contribution < 1.29 is 8.78 Å². The summed E-state index contributed by atoms with van der Waals surface area (Å²) < 4.78 is 24.1. The van der Waals surface area contributed by atoms with Crippen LogP contribution in [0.5, 0.6) is 0 Å². The zero-order valence-corrected chi connectivity index (χ0v) is 5.80. The average molecular weight is 150 g/mol. The molecule has 2 bridgehead atoms. The number of rotatable bonds is 1. The van der Waals surface area contributed by atoms with Gasteiger partial charge in [0, 0.05) is 10.2 Å². The van der Waals surface area contributed by atoms with Crippen LogP contribution in [0.1, 0.15) is 19.3 Å². The fourth-order valence-corrected chi connectivity index (χ4v) is 2.99. The molecule has 0 aromatic heterocycles. The fourth-order valence-electron chi connectivity index (χ4n) is 2.04. The van der Waals surface area contributed by atoms with Crippen molar-refractivity contribution in [2.24, 2.45) is 5.41 Å². The Labute approximate surface area is 58.0 Å². The Morgan fingerprint density at radius 1 is 1.22 bits per heavy atom. The highest BCUT2D eigenvalue weighted by molar-refractivity contribution is 7.82. The van der Waals surface area contributed by atoms with Crippen LogP contribution in [0.15, 0.2) is 0 Å². The Bertz CT molecular complexity index is 135. The summed E-state index contributed by atoms with van der Waals surface area (Å²) in [4.78, 5) is 0. The zero-order valence-electron chi connectivity index (χ0n) is 4.90. The molecule has 0 aromatic carbocycles. The average Bonchev–Trinajstić information content (AvgIpc) is 1.54. The third kappa shape index (κ3) is 0.540. The van der Waals surface area contributed by atoms with Crippen molar-refractivity contribution in [1.82, 2.24) is 0 Å². The Kier molecular flexibility index (Phi) is 0.852. The Morgan fingerprint density at radius 2 is 1.67 bits per heavy atom. The van der Waals surface area contributed by atoms with Crippen molar-refractivity contribution in [3.8, 4) is 0 Å². The van der Waals surface area contributed by atoms with E-state index in [4.69, 9.17) is 0 Å². The van der Waals surface area contributed by atoms with E-state index in [0.717, 1.165) is 0 Å². The zero-order chi connectivity index (χ0) is 6.70. The lowest BCUT2D eigenvalue weighted by Crippen LogP contribution is -2.66. The molecule has 52 valence electrons. The van der Waals surface area contributed by atoms with Gasteiger partial charge in [-0.3, -0.25) is 0 Å². The molecule has 3 rings (SSSR count). The molecule has 3 aliphatic carbocycles. The summed E-state index contributed by atoms with van der Waals surface area (Å²) in [7, 11) is 0. The summed E-state index contributed by atoms with van der Waals surface area (Å²) in [5.41, 5.74) is -0.582.